The first-order valence-electron chi connectivity index (χ1n) is 25.7. The molecule has 0 aromatic heterocycles. The van der Waals surface area contributed by atoms with Crippen molar-refractivity contribution in [3.05, 3.63) is 0 Å². The van der Waals surface area contributed by atoms with Gasteiger partial charge in [-0.05, 0) is 77.7 Å². The highest BCUT2D eigenvalue weighted by molar-refractivity contribution is 8.76. The fourth-order valence-electron chi connectivity index (χ4n) is 7.86. The minimum Gasteiger partial charge on any atom is -0.465 e. The van der Waals surface area contributed by atoms with Crippen LogP contribution in [0, 0.1) is 0 Å². The molecule has 0 aromatic rings. The second-order valence-electron chi connectivity index (χ2n) is 17.2. The lowest BCUT2D eigenvalue weighted by Crippen LogP contribution is -2.29. The quantitative estimate of drug-likeness (QED) is 0.0365. The molecule has 0 aromatic carbocycles. The first-order chi connectivity index (χ1) is 29.1. The molecular formula is C50H100N2O5S2. The Hall–Kier alpha value is -0.480. The lowest BCUT2D eigenvalue weighted by molar-refractivity contribution is -0.144. The van der Waals surface area contributed by atoms with Gasteiger partial charge in [-0.3, -0.25) is 9.59 Å². The summed E-state index contributed by atoms with van der Waals surface area (Å²) < 4.78 is 10.8. The van der Waals surface area contributed by atoms with E-state index in [1.807, 2.05) is 0 Å². The zero-order chi connectivity index (χ0) is 43.0. The van der Waals surface area contributed by atoms with Crippen molar-refractivity contribution < 1.29 is 24.2 Å². The summed E-state index contributed by atoms with van der Waals surface area (Å²) in [6.45, 7) is 14.8. The molecule has 1 N–H and O–H groups in total. The molecule has 0 radical (unpaired) electrons. The standard InChI is InChI=1S/C50H100N2O5S2/c1-4-7-9-11-13-15-21-26-32-39-51(38-6-3)40-33-27-22-16-18-24-30-36-49(54)56-45-47-58-59-48-46-57-50(55)37-31-25-19-17-23-29-35-42-52(43-44-53)41-34-28-20-14-12-10-8-5-2/h53H,4-48H2,1-3H3. The number of unbranched alkanes of at least 4 members (excludes halogenated alkanes) is 27. The number of esters is 2. The molecule has 0 bridgehead atoms. The molecule has 0 amide bonds. The lowest BCUT2D eigenvalue weighted by Gasteiger charge is -2.21. The number of carbonyl (C=O) groups is 2. The van der Waals surface area contributed by atoms with Gasteiger partial charge in [0.1, 0.15) is 13.2 Å². The number of aliphatic hydroxyl groups is 1. The Morgan fingerprint density at radius 3 is 0.966 bits per heavy atom. The molecular weight excluding hydrogens is 773 g/mol. The van der Waals surface area contributed by atoms with Gasteiger partial charge in [0, 0.05) is 30.9 Å². The van der Waals surface area contributed by atoms with E-state index in [4.69, 9.17) is 9.47 Å². The van der Waals surface area contributed by atoms with Crippen molar-refractivity contribution in [2.45, 2.75) is 239 Å². The van der Waals surface area contributed by atoms with Crippen LogP contribution in [-0.2, 0) is 19.1 Å². The topological polar surface area (TPSA) is 79.3 Å². The Labute approximate surface area is 375 Å². The average molecular weight is 873 g/mol. The Balaban J connectivity index is 3.51. The van der Waals surface area contributed by atoms with E-state index in [1.54, 1.807) is 21.6 Å². The fourth-order valence-corrected chi connectivity index (χ4v) is 9.52. The first kappa shape index (κ1) is 58.5. The number of aliphatic hydroxyl groups excluding tert-OH is 1. The van der Waals surface area contributed by atoms with E-state index in [2.05, 4.69) is 30.6 Å². The number of rotatable bonds is 50. The zero-order valence-electron chi connectivity index (χ0n) is 39.6. The van der Waals surface area contributed by atoms with Crippen LogP contribution in [0.3, 0.4) is 0 Å². The average Bonchev–Trinajstić information content (AvgIpc) is 3.23. The van der Waals surface area contributed by atoms with Gasteiger partial charge in [-0.2, -0.15) is 0 Å². The van der Waals surface area contributed by atoms with Crippen molar-refractivity contribution in [1.29, 1.82) is 0 Å². The minimum absolute atomic E-state index is 0.0716. The van der Waals surface area contributed by atoms with Gasteiger partial charge in [0.2, 0.25) is 0 Å². The lowest BCUT2D eigenvalue weighted by atomic mass is 10.1. The molecule has 0 rings (SSSR count). The van der Waals surface area contributed by atoms with E-state index < -0.39 is 0 Å². The van der Waals surface area contributed by atoms with Crippen LogP contribution in [0.4, 0.5) is 0 Å². The summed E-state index contributed by atoms with van der Waals surface area (Å²) in [4.78, 5) is 29.3. The first-order valence-corrected chi connectivity index (χ1v) is 28.2. The van der Waals surface area contributed by atoms with Crippen LogP contribution < -0.4 is 0 Å². The molecule has 352 valence electrons. The molecule has 0 aliphatic carbocycles. The Morgan fingerprint density at radius 1 is 0.373 bits per heavy atom. The van der Waals surface area contributed by atoms with Crippen molar-refractivity contribution in [3.63, 3.8) is 0 Å². The summed E-state index contributed by atoms with van der Waals surface area (Å²) in [5.74, 6) is 1.37. The van der Waals surface area contributed by atoms with Crippen molar-refractivity contribution >= 4 is 33.5 Å². The van der Waals surface area contributed by atoms with Gasteiger partial charge in [-0.1, -0.05) is 203 Å². The van der Waals surface area contributed by atoms with Crippen LogP contribution in [0.1, 0.15) is 239 Å². The van der Waals surface area contributed by atoms with Crippen molar-refractivity contribution in [2.75, 3.05) is 70.6 Å². The van der Waals surface area contributed by atoms with Gasteiger partial charge in [0.25, 0.3) is 0 Å². The van der Waals surface area contributed by atoms with E-state index in [0.717, 1.165) is 56.8 Å². The zero-order valence-corrected chi connectivity index (χ0v) is 41.2. The Kier molecular flexibility index (Phi) is 49.8. The van der Waals surface area contributed by atoms with Gasteiger partial charge in [0.15, 0.2) is 0 Å². The SMILES string of the molecule is CCCCCCCCCCCN(CCC)CCCCCCCCCC(=O)OCCSSCCOC(=O)CCCCCCCCCN(CCO)CCCCCCCCCC. The molecule has 0 saturated heterocycles. The number of hydrogen-bond donors (Lipinski definition) is 1. The van der Waals surface area contributed by atoms with Gasteiger partial charge in [-0.15, -0.1) is 0 Å². The van der Waals surface area contributed by atoms with Crippen LogP contribution in [-0.4, -0.2) is 97.4 Å². The van der Waals surface area contributed by atoms with E-state index in [1.165, 1.54) is 199 Å². The molecule has 7 nitrogen and oxygen atoms in total. The van der Waals surface area contributed by atoms with Crippen LogP contribution in [0.2, 0.25) is 0 Å². The molecule has 0 fully saturated rings. The van der Waals surface area contributed by atoms with Crippen molar-refractivity contribution in [3.8, 4) is 0 Å². The molecule has 0 saturated carbocycles. The molecule has 0 spiro atoms. The number of hydrogen-bond acceptors (Lipinski definition) is 9. The number of carbonyl (C=O) groups excluding carboxylic acids is 2. The van der Waals surface area contributed by atoms with Crippen LogP contribution in [0.25, 0.3) is 0 Å². The summed E-state index contributed by atoms with van der Waals surface area (Å²) in [6.07, 6.45) is 42.3. The van der Waals surface area contributed by atoms with E-state index in [0.29, 0.717) is 26.1 Å². The Bertz CT molecular complexity index is 854. The molecule has 0 aliphatic heterocycles. The predicted molar refractivity (Wildman–Crippen MR) is 261 cm³/mol. The third kappa shape index (κ3) is 46.8. The van der Waals surface area contributed by atoms with Gasteiger partial charge in [-0.25, -0.2) is 0 Å². The maximum Gasteiger partial charge on any atom is 0.305 e. The number of nitrogens with zero attached hydrogens (tertiary/aromatic N) is 2. The summed E-state index contributed by atoms with van der Waals surface area (Å²) in [7, 11) is 3.35. The van der Waals surface area contributed by atoms with Crippen LogP contribution in [0.15, 0.2) is 0 Å². The highest BCUT2D eigenvalue weighted by Crippen LogP contribution is 2.21. The maximum atomic E-state index is 12.1. The third-order valence-electron chi connectivity index (χ3n) is 11.5. The summed E-state index contributed by atoms with van der Waals surface area (Å²) >= 11 is 0. The minimum atomic E-state index is -0.0847. The van der Waals surface area contributed by atoms with Crippen LogP contribution >= 0.6 is 21.6 Å². The molecule has 59 heavy (non-hydrogen) atoms. The van der Waals surface area contributed by atoms with E-state index >= 15 is 0 Å². The van der Waals surface area contributed by atoms with E-state index in [-0.39, 0.29) is 18.5 Å². The summed E-state index contributed by atoms with van der Waals surface area (Å²) in [5, 5.41) is 9.44. The predicted octanol–water partition coefficient (Wildman–Crippen LogP) is 14.4. The highest BCUT2D eigenvalue weighted by Gasteiger charge is 2.07. The molecule has 0 aliphatic rings. The fraction of sp³-hybridized carbons (Fsp3) is 0.960. The van der Waals surface area contributed by atoms with E-state index in [9.17, 15) is 14.7 Å². The molecule has 0 atom stereocenters. The monoisotopic (exact) mass is 873 g/mol. The number of ether oxygens (including phenoxy) is 2. The molecule has 0 unspecified atom stereocenters. The Morgan fingerprint density at radius 2 is 0.661 bits per heavy atom. The highest BCUT2D eigenvalue weighted by atomic mass is 33.1. The summed E-state index contributed by atoms with van der Waals surface area (Å²) in [6, 6.07) is 0. The van der Waals surface area contributed by atoms with Crippen molar-refractivity contribution in [1.82, 2.24) is 9.80 Å². The van der Waals surface area contributed by atoms with Crippen molar-refractivity contribution in [2.24, 2.45) is 0 Å². The van der Waals surface area contributed by atoms with Crippen LogP contribution in [0.5, 0.6) is 0 Å². The maximum absolute atomic E-state index is 12.1. The normalized spacial score (nSPS) is 11.6. The summed E-state index contributed by atoms with van der Waals surface area (Å²) in [5.41, 5.74) is 0. The third-order valence-corrected chi connectivity index (χ3v) is 13.8. The largest absolute Gasteiger partial charge is 0.465 e. The smallest absolute Gasteiger partial charge is 0.305 e. The second-order valence-corrected chi connectivity index (χ2v) is 19.9. The van der Waals surface area contributed by atoms with Gasteiger partial charge >= 0.3 is 11.9 Å². The van der Waals surface area contributed by atoms with Gasteiger partial charge in [0.05, 0.1) is 6.61 Å². The molecule has 0 heterocycles. The second kappa shape index (κ2) is 50.2. The molecule has 9 heteroatoms. The van der Waals surface area contributed by atoms with Gasteiger partial charge < -0.3 is 24.4 Å².